The molecule has 0 aliphatic rings. The number of aromatic nitrogens is 1. The van der Waals surface area contributed by atoms with Crippen molar-refractivity contribution in [1.29, 1.82) is 0 Å². The average Bonchev–Trinajstić information content (AvgIpc) is 2.25. The normalized spacial score (nSPS) is 11.3. The number of nitrogen functional groups attached to an aromatic ring is 1. The summed E-state index contributed by atoms with van der Waals surface area (Å²) in [5.74, 6) is 0.189. The molecule has 20 heavy (non-hydrogen) atoms. The van der Waals surface area contributed by atoms with Gasteiger partial charge in [-0.2, -0.15) is 0 Å². The van der Waals surface area contributed by atoms with Crippen LogP contribution in [0, 0.1) is 6.92 Å². The van der Waals surface area contributed by atoms with Crippen LogP contribution in [0.2, 0.25) is 10.0 Å². The zero-order chi connectivity index (χ0) is 14.9. The molecule has 0 amide bonds. The first-order valence-corrected chi connectivity index (χ1v) is 7.73. The molecular formula is C12H11Cl2N3O2S. The predicted octanol–water partition coefficient (Wildman–Crippen LogP) is 3.08. The SMILES string of the molecule is Cc1ccnc(NS(=O)(=O)c2c(Cl)cc(N)cc2Cl)c1. The summed E-state index contributed by atoms with van der Waals surface area (Å²) in [6.45, 7) is 1.82. The van der Waals surface area contributed by atoms with E-state index >= 15 is 0 Å². The van der Waals surface area contributed by atoms with Crippen molar-refractivity contribution >= 4 is 44.7 Å². The molecule has 0 saturated heterocycles. The third-order valence-corrected chi connectivity index (χ3v) is 4.72. The van der Waals surface area contributed by atoms with E-state index in [2.05, 4.69) is 9.71 Å². The Morgan fingerprint density at radius 1 is 1.20 bits per heavy atom. The minimum atomic E-state index is -3.94. The second-order valence-electron chi connectivity index (χ2n) is 4.14. The van der Waals surface area contributed by atoms with Crippen LogP contribution in [0.15, 0.2) is 35.4 Å². The number of nitrogens with two attached hydrogens (primary N) is 1. The van der Waals surface area contributed by atoms with Crippen molar-refractivity contribution in [3.05, 3.63) is 46.1 Å². The summed E-state index contributed by atoms with van der Waals surface area (Å²) < 4.78 is 26.9. The van der Waals surface area contributed by atoms with Crippen molar-refractivity contribution in [2.45, 2.75) is 11.8 Å². The van der Waals surface area contributed by atoms with Crippen molar-refractivity contribution in [3.63, 3.8) is 0 Å². The highest BCUT2D eigenvalue weighted by molar-refractivity contribution is 7.93. The summed E-state index contributed by atoms with van der Waals surface area (Å²) in [6.07, 6.45) is 1.50. The van der Waals surface area contributed by atoms with E-state index in [9.17, 15) is 8.42 Å². The highest BCUT2D eigenvalue weighted by Crippen LogP contribution is 2.32. The summed E-state index contributed by atoms with van der Waals surface area (Å²) in [4.78, 5) is 3.70. The van der Waals surface area contributed by atoms with E-state index in [-0.39, 0.29) is 26.4 Å². The molecular weight excluding hydrogens is 321 g/mol. The monoisotopic (exact) mass is 331 g/mol. The van der Waals surface area contributed by atoms with Crippen LogP contribution in [-0.2, 0) is 10.0 Å². The van der Waals surface area contributed by atoms with E-state index in [1.807, 2.05) is 6.92 Å². The average molecular weight is 332 g/mol. The molecule has 0 spiro atoms. The molecule has 0 fully saturated rings. The second-order valence-corrected chi connectivity index (χ2v) is 6.57. The molecule has 0 aliphatic heterocycles. The van der Waals surface area contributed by atoms with Crippen LogP contribution >= 0.6 is 23.2 Å². The molecule has 2 aromatic rings. The Kier molecular flexibility index (Phi) is 4.08. The number of halogens is 2. The maximum atomic E-state index is 12.3. The van der Waals surface area contributed by atoms with E-state index in [0.717, 1.165) is 5.56 Å². The van der Waals surface area contributed by atoms with E-state index in [0.29, 0.717) is 0 Å². The Morgan fingerprint density at radius 3 is 2.35 bits per heavy atom. The highest BCUT2D eigenvalue weighted by atomic mass is 35.5. The van der Waals surface area contributed by atoms with E-state index in [1.54, 1.807) is 12.1 Å². The molecule has 1 aromatic heterocycles. The minimum absolute atomic E-state index is 0.0462. The van der Waals surface area contributed by atoms with Gasteiger partial charge in [-0.25, -0.2) is 13.4 Å². The van der Waals surface area contributed by atoms with Crippen LogP contribution in [0.25, 0.3) is 0 Å². The van der Waals surface area contributed by atoms with Gasteiger partial charge >= 0.3 is 0 Å². The van der Waals surface area contributed by atoms with Gasteiger partial charge in [-0.3, -0.25) is 4.72 Å². The molecule has 1 aromatic carbocycles. The fourth-order valence-electron chi connectivity index (χ4n) is 1.62. The number of anilines is 2. The molecule has 1 heterocycles. The maximum absolute atomic E-state index is 12.3. The smallest absolute Gasteiger partial charge is 0.266 e. The fraction of sp³-hybridized carbons (Fsp3) is 0.0833. The summed E-state index contributed by atoms with van der Waals surface area (Å²) in [7, 11) is -3.94. The lowest BCUT2D eigenvalue weighted by Gasteiger charge is -2.11. The first-order valence-electron chi connectivity index (χ1n) is 5.49. The summed E-state index contributed by atoms with van der Waals surface area (Å²) in [5, 5.41) is -0.0923. The summed E-state index contributed by atoms with van der Waals surface area (Å²) in [6, 6.07) is 6.00. The predicted molar refractivity (Wildman–Crippen MR) is 80.7 cm³/mol. The molecule has 3 N–H and O–H groups in total. The molecule has 106 valence electrons. The number of nitrogens with one attached hydrogen (secondary N) is 1. The van der Waals surface area contributed by atoms with Crippen LogP contribution in [0.3, 0.4) is 0 Å². The summed E-state index contributed by atoms with van der Waals surface area (Å²) >= 11 is 11.8. The molecule has 0 aliphatic carbocycles. The second kappa shape index (κ2) is 5.47. The molecule has 5 nitrogen and oxygen atoms in total. The van der Waals surface area contributed by atoms with Gasteiger partial charge in [0.1, 0.15) is 10.7 Å². The number of rotatable bonds is 3. The van der Waals surface area contributed by atoms with Crippen molar-refractivity contribution in [3.8, 4) is 0 Å². The molecule has 8 heteroatoms. The number of nitrogens with zero attached hydrogens (tertiary/aromatic N) is 1. The Hall–Kier alpha value is -1.50. The van der Waals surface area contributed by atoms with E-state index in [4.69, 9.17) is 28.9 Å². The topological polar surface area (TPSA) is 85.1 Å². The molecule has 2 rings (SSSR count). The lowest BCUT2D eigenvalue weighted by molar-refractivity contribution is 0.601. The standard InChI is InChI=1S/C12H11Cl2N3O2S/c1-7-2-3-16-11(4-7)17-20(18,19)12-9(13)5-8(15)6-10(12)14/h2-6H,15H2,1H3,(H,16,17). The molecule has 0 atom stereocenters. The van der Waals surface area contributed by atoms with Gasteiger partial charge < -0.3 is 5.73 Å². The van der Waals surface area contributed by atoms with Crippen molar-refractivity contribution in [2.24, 2.45) is 0 Å². The quantitative estimate of drug-likeness (QED) is 0.846. The molecule has 0 bridgehead atoms. The van der Waals surface area contributed by atoms with Crippen LogP contribution in [-0.4, -0.2) is 13.4 Å². The first kappa shape index (κ1) is 14.9. The Morgan fingerprint density at radius 2 is 1.80 bits per heavy atom. The number of sulfonamides is 1. The Bertz CT molecular complexity index is 740. The molecule has 0 saturated carbocycles. The van der Waals surface area contributed by atoms with Gasteiger partial charge in [-0.15, -0.1) is 0 Å². The van der Waals surface area contributed by atoms with E-state index in [1.165, 1.54) is 18.3 Å². The number of hydrogen-bond donors (Lipinski definition) is 2. The Balaban J connectivity index is 2.46. The summed E-state index contributed by atoms with van der Waals surface area (Å²) in [5.41, 5.74) is 6.70. The number of pyridine rings is 1. The lowest BCUT2D eigenvalue weighted by Crippen LogP contribution is -2.15. The van der Waals surface area contributed by atoms with Gasteiger partial charge in [0, 0.05) is 11.9 Å². The van der Waals surface area contributed by atoms with Gasteiger partial charge in [0.25, 0.3) is 10.0 Å². The van der Waals surface area contributed by atoms with Crippen LogP contribution in [0.5, 0.6) is 0 Å². The number of benzene rings is 1. The zero-order valence-electron chi connectivity index (χ0n) is 10.4. The maximum Gasteiger partial charge on any atom is 0.266 e. The van der Waals surface area contributed by atoms with Crippen LogP contribution in [0.1, 0.15) is 5.56 Å². The fourth-order valence-corrected chi connectivity index (χ4v) is 3.85. The van der Waals surface area contributed by atoms with Gasteiger partial charge in [-0.1, -0.05) is 23.2 Å². The van der Waals surface area contributed by atoms with Crippen LogP contribution < -0.4 is 10.5 Å². The van der Waals surface area contributed by atoms with Crippen molar-refractivity contribution in [1.82, 2.24) is 4.98 Å². The minimum Gasteiger partial charge on any atom is -0.399 e. The third kappa shape index (κ3) is 3.15. The first-order chi connectivity index (χ1) is 9.29. The number of hydrogen-bond acceptors (Lipinski definition) is 4. The van der Waals surface area contributed by atoms with E-state index < -0.39 is 10.0 Å². The number of aryl methyl sites for hydroxylation is 1. The van der Waals surface area contributed by atoms with Gasteiger partial charge in [0.15, 0.2) is 0 Å². The van der Waals surface area contributed by atoms with Crippen molar-refractivity contribution in [2.75, 3.05) is 10.5 Å². The molecule has 0 unspecified atom stereocenters. The highest BCUT2D eigenvalue weighted by Gasteiger charge is 2.22. The zero-order valence-corrected chi connectivity index (χ0v) is 12.7. The molecule has 0 radical (unpaired) electrons. The van der Waals surface area contributed by atoms with Gasteiger partial charge in [0.2, 0.25) is 0 Å². The van der Waals surface area contributed by atoms with Crippen molar-refractivity contribution < 1.29 is 8.42 Å². The third-order valence-electron chi connectivity index (χ3n) is 2.44. The van der Waals surface area contributed by atoms with Crippen LogP contribution in [0.4, 0.5) is 11.5 Å². The Labute approximate surface area is 126 Å². The van der Waals surface area contributed by atoms with Gasteiger partial charge in [-0.05, 0) is 36.8 Å². The lowest BCUT2D eigenvalue weighted by atomic mass is 10.3. The van der Waals surface area contributed by atoms with Gasteiger partial charge in [0.05, 0.1) is 10.0 Å². The largest absolute Gasteiger partial charge is 0.399 e.